The van der Waals surface area contributed by atoms with Gasteiger partial charge in [-0.3, -0.25) is 5.32 Å². The van der Waals surface area contributed by atoms with Crippen LogP contribution in [0.15, 0.2) is 53.6 Å². The minimum Gasteiger partial charge on any atom is -0.394 e. The molecule has 3 N–H and O–H groups in total. The van der Waals surface area contributed by atoms with E-state index < -0.39 is 12.1 Å². The van der Waals surface area contributed by atoms with Crippen LogP contribution in [-0.2, 0) is 0 Å². The van der Waals surface area contributed by atoms with Crippen LogP contribution < -0.4 is 10.6 Å². The van der Waals surface area contributed by atoms with E-state index >= 15 is 0 Å². The van der Waals surface area contributed by atoms with Crippen molar-refractivity contribution in [1.82, 2.24) is 10.3 Å². The van der Waals surface area contributed by atoms with Gasteiger partial charge in [0, 0.05) is 11.1 Å². The van der Waals surface area contributed by atoms with Crippen LogP contribution in [0.5, 0.6) is 0 Å². The Bertz CT molecular complexity index is 575. The summed E-state index contributed by atoms with van der Waals surface area (Å²) in [4.78, 5) is 17.1. The van der Waals surface area contributed by atoms with E-state index in [4.69, 9.17) is 0 Å². The Balaban J connectivity index is 1.96. The molecule has 1 heterocycles. The highest BCUT2D eigenvalue weighted by Gasteiger charge is 2.13. The molecule has 1 aromatic heterocycles. The number of aromatic nitrogens is 1. The molecule has 0 fully saturated rings. The summed E-state index contributed by atoms with van der Waals surface area (Å²) in [7, 11) is 0. The summed E-state index contributed by atoms with van der Waals surface area (Å²) in [6, 6.07) is 12.1. The van der Waals surface area contributed by atoms with Gasteiger partial charge in [-0.25, -0.2) is 9.78 Å². The number of hydrogen-bond donors (Lipinski definition) is 3. The van der Waals surface area contributed by atoms with Crippen LogP contribution in [-0.4, -0.2) is 29.0 Å². The zero-order chi connectivity index (χ0) is 15.1. The fraction of sp³-hybridized carbons (Fsp3) is 0.200. The maximum Gasteiger partial charge on any atom is 0.320 e. The number of amides is 2. The van der Waals surface area contributed by atoms with Crippen molar-refractivity contribution >= 4 is 23.6 Å². The van der Waals surface area contributed by atoms with Gasteiger partial charge >= 0.3 is 6.03 Å². The van der Waals surface area contributed by atoms with Crippen molar-refractivity contribution in [3.63, 3.8) is 0 Å². The standard InChI is InChI=1S/C15H17N3O2S/c1-21-12-7-8-14(16-9-12)18-15(20)17-13(10-19)11-5-3-2-4-6-11/h2-9,13,19H,10H2,1H3,(H2,16,17,18,20)/t13-/m1/s1. The number of carbonyl (C=O) groups is 1. The SMILES string of the molecule is CSc1ccc(NC(=O)N[C@H](CO)c2ccccc2)nc1. The Morgan fingerprint density at radius 3 is 2.62 bits per heavy atom. The number of benzene rings is 1. The highest BCUT2D eigenvalue weighted by Crippen LogP contribution is 2.15. The van der Waals surface area contributed by atoms with Crippen molar-refractivity contribution in [1.29, 1.82) is 0 Å². The van der Waals surface area contributed by atoms with Gasteiger partial charge in [-0.2, -0.15) is 0 Å². The molecule has 0 spiro atoms. The van der Waals surface area contributed by atoms with E-state index in [0.29, 0.717) is 5.82 Å². The van der Waals surface area contributed by atoms with Gasteiger partial charge in [0.15, 0.2) is 0 Å². The summed E-state index contributed by atoms with van der Waals surface area (Å²) in [6.45, 7) is -0.170. The summed E-state index contributed by atoms with van der Waals surface area (Å²) in [6.07, 6.45) is 3.66. The first kappa shape index (κ1) is 15.3. The van der Waals surface area contributed by atoms with Crippen LogP contribution in [0.25, 0.3) is 0 Å². The summed E-state index contributed by atoms with van der Waals surface area (Å²) in [5, 5.41) is 14.8. The van der Waals surface area contributed by atoms with Crippen molar-refractivity contribution in [3.05, 3.63) is 54.2 Å². The van der Waals surface area contributed by atoms with Gasteiger partial charge in [0.05, 0.1) is 12.6 Å². The molecule has 2 rings (SSSR count). The smallest absolute Gasteiger partial charge is 0.320 e. The number of thioether (sulfide) groups is 1. The van der Waals surface area contributed by atoms with Crippen molar-refractivity contribution in [3.8, 4) is 0 Å². The van der Waals surface area contributed by atoms with E-state index in [2.05, 4.69) is 15.6 Å². The number of aliphatic hydroxyl groups excluding tert-OH is 1. The Labute approximate surface area is 127 Å². The summed E-state index contributed by atoms with van der Waals surface area (Å²) in [5.41, 5.74) is 0.848. The molecule has 0 saturated heterocycles. The predicted molar refractivity (Wildman–Crippen MR) is 84.4 cm³/mol. The molecule has 1 aromatic carbocycles. The fourth-order valence-electron chi connectivity index (χ4n) is 1.81. The van der Waals surface area contributed by atoms with Gasteiger partial charge in [0.1, 0.15) is 5.82 Å². The molecule has 0 aliphatic carbocycles. The molecule has 0 saturated carbocycles. The Hall–Kier alpha value is -2.05. The van der Waals surface area contributed by atoms with Crippen LogP contribution in [0.2, 0.25) is 0 Å². The van der Waals surface area contributed by atoms with Crippen molar-refractivity contribution < 1.29 is 9.90 Å². The molecule has 0 radical (unpaired) electrons. The van der Waals surface area contributed by atoms with Gasteiger partial charge in [-0.15, -0.1) is 11.8 Å². The molecule has 1 atom stereocenters. The van der Waals surface area contributed by atoms with Crippen LogP contribution in [0.4, 0.5) is 10.6 Å². The normalized spacial score (nSPS) is 11.7. The minimum absolute atomic E-state index is 0.170. The second-order valence-electron chi connectivity index (χ2n) is 4.33. The quantitative estimate of drug-likeness (QED) is 0.742. The lowest BCUT2D eigenvalue weighted by Gasteiger charge is -2.17. The summed E-state index contributed by atoms with van der Waals surface area (Å²) in [5.74, 6) is 0.468. The number of nitrogens with zero attached hydrogens (tertiary/aromatic N) is 1. The Morgan fingerprint density at radius 2 is 2.05 bits per heavy atom. The van der Waals surface area contributed by atoms with Crippen molar-refractivity contribution in [2.75, 3.05) is 18.2 Å². The Morgan fingerprint density at radius 1 is 1.29 bits per heavy atom. The zero-order valence-corrected chi connectivity index (χ0v) is 12.4. The van der Waals surface area contributed by atoms with Crippen molar-refractivity contribution in [2.45, 2.75) is 10.9 Å². The third kappa shape index (κ3) is 4.47. The van der Waals surface area contributed by atoms with Crippen molar-refractivity contribution in [2.24, 2.45) is 0 Å². The first-order valence-electron chi connectivity index (χ1n) is 6.46. The number of pyridine rings is 1. The minimum atomic E-state index is -0.448. The van der Waals surface area contributed by atoms with E-state index in [9.17, 15) is 9.90 Å². The van der Waals surface area contributed by atoms with E-state index in [-0.39, 0.29) is 6.61 Å². The maximum atomic E-state index is 11.9. The lowest BCUT2D eigenvalue weighted by molar-refractivity contribution is 0.225. The highest BCUT2D eigenvalue weighted by atomic mass is 32.2. The van der Waals surface area contributed by atoms with E-state index in [1.54, 1.807) is 24.0 Å². The van der Waals surface area contributed by atoms with Crippen LogP contribution in [0.3, 0.4) is 0 Å². The Kier molecular flexibility index (Phi) is 5.59. The molecule has 5 nitrogen and oxygen atoms in total. The van der Waals surface area contributed by atoms with Gasteiger partial charge < -0.3 is 10.4 Å². The number of aliphatic hydroxyl groups is 1. The predicted octanol–water partition coefficient (Wildman–Crippen LogP) is 2.66. The molecule has 21 heavy (non-hydrogen) atoms. The first-order chi connectivity index (χ1) is 10.2. The van der Waals surface area contributed by atoms with Gasteiger partial charge in [-0.1, -0.05) is 30.3 Å². The molecule has 2 aromatic rings. The number of anilines is 1. The van der Waals surface area contributed by atoms with Gasteiger partial charge in [-0.05, 0) is 24.0 Å². The average Bonchev–Trinajstić information content (AvgIpc) is 2.54. The second-order valence-corrected chi connectivity index (χ2v) is 5.21. The molecule has 2 amide bonds. The van der Waals surface area contributed by atoms with Gasteiger partial charge in [0.25, 0.3) is 0 Å². The maximum absolute atomic E-state index is 11.9. The van der Waals surface area contributed by atoms with E-state index in [0.717, 1.165) is 10.5 Å². The number of hydrogen-bond acceptors (Lipinski definition) is 4. The number of carbonyl (C=O) groups excluding carboxylic acids is 1. The largest absolute Gasteiger partial charge is 0.394 e. The van der Waals surface area contributed by atoms with Gasteiger partial charge in [0.2, 0.25) is 0 Å². The number of nitrogens with one attached hydrogen (secondary N) is 2. The number of urea groups is 1. The molecule has 0 aliphatic heterocycles. The molecule has 0 aliphatic rings. The van der Waals surface area contributed by atoms with Crippen LogP contribution in [0, 0.1) is 0 Å². The monoisotopic (exact) mass is 303 g/mol. The zero-order valence-electron chi connectivity index (χ0n) is 11.6. The summed E-state index contributed by atoms with van der Waals surface area (Å²) >= 11 is 1.58. The van der Waals surface area contributed by atoms with Crippen LogP contribution >= 0.6 is 11.8 Å². The van der Waals surface area contributed by atoms with E-state index in [1.807, 2.05) is 42.7 Å². The summed E-state index contributed by atoms with van der Waals surface area (Å²) < 4.78 is 0. The van der Waals surface area contributed by atoms with Crippen LogP contribution in [0.1, 0.15) is 11.6 Å². The molecule has 6 heteroatoms. The second kappa shape index (κ2) is 7.66. The topological polar surface area (TPSA) is 74.2 Å². The molecule has 0 unspecified atom stereocenters. The number of rotatable bonds is 5. The first-order valence-corrected chi connectivity index (χ1v) is 7.68. The molecular weight excluding hydrogens is 286 g/mol. The lowest BCUT2D eigenvalue weighted by atomic mass is 10.1. The third-order valence-corrected chi connectivity index (χ3v) is 3.62. The lowest BCUT2D eigenvalue weighted by Crippen LogP contribution is -2.34. The van der Waals surface area contributed by atoms with E-state index in [1.165, 1.54) is 0 Å². The highest BCUT2D eigenvalue weighted by molar-refractivity contribution is 7.98. The molecular formula is C15H17N3O2S. The molecule has 0 bridgehead atoms. The third-order valence-electron chi connectivity index (χ3n) is 2.90. The fourth-order valence-corrected chi connectivity index (χ4v) is 2.17. The average molecular weight is 303 g/mol. The molecule has 110 valence electrons.